The first-order valence-corrected chi connectivity index (χ1v) is 7.38. The number of carbonyl (C=O) groups is 1. The molecule has 0 saturated carbocycles. The molecule has 0 radical (unpaired) electrons. The number of rotatable bonds is 5. The number of nitrogens with two attached hydrogens (primary N) is 1. The quantitative estimate of drug-likeness (QED) is 0.883. The van der Waals surface area contributed by atoms with Crippen LogP contribution in [0.1, 0.15) is 19.8 Å². The largest absolute Gasteiger partial charge is 0.357 e. The molecule has 0 bridgehead atoms. The normalized spacial score (nSPS) is 14.7. The Hall–Kier alpha value is -1.04. The standard InChI is InChI=1S/C15H24N4O.2ClH/c1-2-18(15(20)11-16)12-13-6-9-19(10-7-13)14-5-3-4-8-17-14;;/h3-5,8,13H,2,6-7,9-12,16H2,1H3;2*1H. The summed E-state index contributed by atoms with van der Waals surface area (Å²) in [4.78, 5) is 20.3. The molecule has 0 aromatic carbocycles. The predicted octanol–water partition coefficient (Wildman–Crippen LogP) is 1.95. The van der Waals surface area contributed by atoms with Gasteiger partial charge in [-0.3, -0.25) is 4.79 Å². The number of amides is 1. The van der Waals surface area contributed by atoms with E-state index in [0.717, 1.165) is 44.8 Å². The summed E-state index contributed by atoms with van der Waals surface area (Å²) in [5.41, 5.74) is 5.44. The molecule has 1 aromatic heterocycles. The highest BCUT2D eigenvalue weighted by Crippen LogP contribution is 2.22. The molecule has 2 rings (SSSR count). The number of likely N-dealkylation sites (N-methyl/N-ethyl adjacent to an activating group) is 1. The van der Waals surface area contributed by atoms with Crippen LogP contribution in [0.2, 0.25) is 0 Å². The van der Waals surface area contributed by atoms with E-state index in [9.17, 15) is 4.79 Å². The average molecular weight is 349 g/mol. The first-order valence-electron chi connectivity index (χ1n) is 7.38. The Morgan fingerprint density at radius 1 is 1.36 bits per heavy atom. The lowest BCUT2D eigenvalue weighted by Gasteiger charge is -2.35. The monoisotopic (exact) mass is 348 g/mol. The first-order chi connectivity index (χ1) is 9.74. The second kappa shape index (κ2) is 10.6. The molecule has 5 nitrogen and oxygen atoms in total. The summed E-state index contributed by atoms with van der Waals surface area (Å²) < 4.78 is 0. The molecule has 2 N–H and O–H groups in total. The number of nitrogens with zero attached hydrogens (tertiary/aromatic N) is 3. The van der Waals surface area contributed by atoms with Crippen molar-refractivity contribution in [2.24, 2.45) is 11.7 Å². The van der Waals surface area contributed by atoms with Gasteiger partial charge in [-0.15, -0.1) is 24.8 Å². The van der Waals surface area contributed by atoms with Crippen molar-refractivity contribution in [3.8, 4) is 0 Å². The number of aromatic nitrogens is 1. The zero-order chi connectivity index (χ0) is 14.4. The minimum absolute atomic E-state index is 0. The van der Waals surface area contributed by atoms with Crippen molar-refractivity contribution < 1.29 is 4.79 Å². The Morgan fingerprint density at radius 2 is 2.05 bits per heavy atom. The summed E-state index contributed by atoms with van der Waals surface area (Å²) in [6.45, 7) is 5.72. The Bertz CT molecular complexity index is 425. The lowest BCUT2D eigenvalue weighted by atomic mass is 9.96. The van der Waals surface area contributed by atoms with Gasteiger partial charge in [-0.1, -0.05) is 6.07 Å². The molecule has 0 unspecified atom stereocenters. The predicted molar refractivity (Wildman–Crippen MR) is 95.0 cm³/mol. The smallest absolute Gasteiger partial charge is 0.236 e. The van der Waals surface area contributed by atoms with Gasteiger partial charge in [-0.2, -0.15) is 0 Å². The second-order valence-electron chi connectivity index (χ2n) is 5.25. The maximum atomic E-state index is 11.7. The van der Waals surface area contributed by atoms with Crippen LogP contribution in [0.4, 0.5) is 5.82 Å². The molecule has 22 heavy (non-hydrogen) atoms. The minimum Gasteiger partial charge on any atom is -0.357 e. The number of anilines is 1. The summed E-state index contributed by atoms with van der Waals surface area (Å²) in [5, 5.41) is 0. The number of carbonyl (C=O) groups excluding carboxylic acids is 1. The van der Waals surface area contributed by atoms with Gasteiger partial charge in [0.05, 0.1) is 6.54 Å². The van der Waals surface area contributed by atoms with E-state index >= 15 is 0 Å². The van der Waals surface area contributed by atoms with E-state index in [1.165, 1.54) is 0 Å². The number of piperidine rings is 1. The van der Waals surface area contributed by atoms with Gasteiger partial charge in [0.1, 0.15) is 5.82 Å². The van der Waals surface area contributed by atoms with Gasteiger partial charge in [0.25, 0.3) is 0 Å². The van der Waals surface area contributed by atoms with Gasteiger partial charge < -0.3 is 15.5 Å². The van der Waals surface area contributed by atoms with E-state index in [1.807, 2.05) is 30.2 Å². The molecule has 7 heteroatoms. The summed E-state index contributed by atoms with van der Waals surface area (Å²) in [6, 6.07) is 6.01. The summed E-state index contributed by atoms with van der Waals surface area (Å²) in [5.74, 6) is 1.68. The summed E-state index contributed by atoms with van der Waals surface area (Å²) in [6.07, 6.45) is 4.04. The van der Waals surface area contributed by atoms with E-state index in [2.05, 4.69) is 16.0 Å². The molecule has 1 amide bonds. The lowest BCUT2D eigenvalue weighted by molar-refractivity contribution is -0.130. The zero-order valence-corrected chi connectivity index (χ0v) is 14.6. The van der Waals surface area contributed by atoms with Crippen LogP contribution in [0.25, 0.3) is 0 Å². The van der Waals surface area contributed by atoms with Crippen LogP contribution >= 0.6 is 24.8 Å². The molecule has 0 aliphatic carbocycles. The van der Waals surface area contributed by atoms with Crippen LogP contribution in [0.15, 0.2) is 24.4 Å². The molecule has 0 spiro atoms. The lowest BCUT2D eigenvalue weighted by Crippen LogP contribution is -2.43. The molecule has 2 heterocycles. The molecule has 1 aliphatic heterocycles. The van der Waals surface area contributed by atoms with Crippen molar-refractivity contribution in [1.82, 2.24) is 9.88 Å². The van der Waals surface area contributed by atoms with Crippen molar-refractivity contribution in [3.63, 3.8) is 0 Å². The maximum Gasteiger partial charge on any atom is 0.236 e. The van der Waals surface area contributed by atoms with Crippen LogP contribution in [0.3, 0.4) is 0 Å². The number of pyridine rings is 1. The van der Waals surface area contributed by atoms with Crippen molar-refractivity contribution >= 4 is 36.5 Å². The Morgan fingerprint density at radius 3 is 2.55 bits per heavy atom. The van der Waals surface area contributed by atoms with Gasteiger partial charge in [0.15, 0.2) is 0 Å². The highest BCUT2D eigenvalue weighted by atomic mass is 35.5. The minimum atomic E-state index is 0. The average Bonchev–Trinajstić information content (AvgIpc) is 2.53. The zero-order valence-electron chi connectivity index (χ0n) is 13.0. The molecular formula is C15H26Cl2N4O. The molecule has 0 atom stereocenters. The molecule has 1 aromatic rings. The SMILES string of the molecule is CCN(CC1CCN(c2ccccn2)CC1)C(=O)CN.Cl.Cl. The van der Waals surface area contributed by atoms with Crippen molar-refractivity contribution in [3.05, 3.63) is 24.4 Å². The van der Waals surface area contributed by atoms with Gasteiger partial charge in [0, 0.05) is 32.4 Å². The van der Waals surface area contributed by atoms with Crippen molar-refractivity contribution in [1.29, 1.82) is 0 Å². The van der Waals surface area contributed by atoms with E-state index in [4.69, 9.17) is 5.73 Å². The molecular weight excluding hydrogens is 323 g/mol. The maximum absolute atomic E-state index is 11.7. The third kappa shape index (κ3) is 5.63. The van der Waals surface area contributed by atoms with Gasteiger partial charge in [-0.25, -0.2) is 4.98 Å². The first kappa shape index (κ1) is 21.0. The Kier molecular flexibility index (Phi) is 10.1. The number of hydrogen-bond acceptors (Lipinski definition) is 4. The van der Waals surface area contributed by atoms with E-state index in [0.29, 0.717) is 5.92 Å². The van der Waals surface area contributed by atoms with Crippen LogP contribution in [-0.4, -0.2) is 48.5 Å². The van der Waals surface area contributed by atoms with E-state index < -0.39 is 0 Å². The van der Waals surface area contributed by atoms with Gasteiger partial charge >= 0.3 is 0 Å². The number of halogens is 2. The molecule has 1 fully saturated rings. The van der Waals surface area contributed by atoms with Crippen molar-refractivity contribution in [2.45, 2.75) is 19.8 Å². The third-order valence-electron chi connectivity index (χ3n) is 3.98. The molecule has 126 valence electrons. The number of hydrogen-bond donors (Lipinski definition) is 1. The fourth-order valence-corrected chi connectivity index (χ4v) is 2.73. The summed E-state index contributed by atoms with van der Waals surface area (Å²) in [7, 11) is 0. The van der Waals surface area contributed by atoms with E-state index in [-0.39, 0.29) is 37.3 Å². The van der Waals surface area contributed by atoms with Crippen LogP contribution in [0, 0.1) is 5.92 Å². The Labute approximate surface area is 145 Å². The second-order valence-corrected chi connectivity index (χ2v) is 5.25. The van der Waals surface area contributed by atoms with E-state index in [1.54, 1.807) is 0 Å². The van der Waals surface area contributed by atoms with Gasteiger partial charge in [-0.05, 0) is 37.8 Å². The molecule has 1 aliphatic rings. The van der Waals surface area contributed by atoms with Crippen molar-refractivity contribution in [2.75, 3.05) is 37.6 Å². The van der Waals surface area contributed by atoms with Crippen LogP contribution < -0.4 is 10.6 Å². The van der Waals surface area contributed by atoms with Gasteiger partial charge in [0.2, 0.25) is 5.91 Å². The fraction of sp³-hybridized carbons (Fsp3) is 0.600. The highest BCUT2D eigenvalue weighted by molar-refractivity contribution is 5.85. The Balaban J connectivity index is 0.00000220. The molecule has 1 saturated heterocycles. The summed E-state index contributed by atoms with van der Waals surface area (Å²) >= 11 is 0. The third-order valence-corrected chi connectivity index (χ3v) is 3.98. The van der Waals surface area contributed by atoms with Crippen LogP contribution in [-0.2, 0) is 4.79 Å². The topological polar surface area (TPSA) is 62.5 Å². The fourth-order valence-electron chi connectivity index (χ4n) is 2.73. The van der Waals surface area contributed by atoms with Crippen LogP contribution in [0.5, 0.6) is 0 Å². The highest BCUT2D eigenvalue weighted by Gasteiger charge is 2.23.